The summed E-state index contributed by atoms with van der Waals surface area (Å²) in [7, 11) is 0. The average molecular weight is 281 g/mol. The van der Waals surface area contributed by atoms with Crippen molar-refractivity contribution in [1.82, 2.24) is 5.32 Å². The van der Waals surface area contributed by atoms with Crippen molar-refractivity contribution in [2.24, 2.45) is 0 Å². The van der Waals surface area contributed by atoms with E-state index in [9.17, 15) is 4.79 Å². The van der Waals surface area contributed by atoms with E-state index in [-0.39, 0.29) is 11.9 Å². The molecule has 0 aliphatic rings. The van der Waals surface area contributed by atoms with Gasteiger partial charge in [-0.1, -0.05) is 54.6 Å². The molecule has 0 atom stereocenters. The van der Waals surface area contributed by atoms with Gasteiger partial charge >= 0.3 is 0 Å². The Kier molecular flexibility index (Phi) is 4.46. The summed E-state index contributed by atoms with van der Waals surface area (Å²) in [5, 5.41) is 3.02. The first-order valence-corrected chi connectivity index (χ1v) is 7.39. The van der Waals surface area contributed by atoms with Crippen LogP contribution in [0.2, 0.25) is 0 Å². The molecule has 110 valence electrons. The number of hydrogen-bond acceptors (Lipinski definition) is 1. The molecule has 1 N–H and O–H groups in total. The lowest BCUT2D eigenvalue weighted by atomic mass is 9.79. The fraction of sp³-hybridized carbons (Fsp3) is 0.316. The van der Waals surface area contributed by atoms with Crippen LogP contribution in [0.1, 0.15) is 33.3 Å². The van der Waals surface area contributed by atoms with Gasteiger partial charge in [-0.05, 0) is 44.4 Å². The van der Waals surface area contributed by atoms with Gasteiger partial charge in [-0.25, -0.2) is 0 Å². The van der Waals surface area contributed by atoms with Gasteiger partial charge < -0.3 is 5.32 Å². The van der Waals surface area contributed by atoms with Gasteiger partial charge in [0.05, 0.1) is 5.41 Å². The second-order valence-corrected chi connectivity index (χ2v) is 6.16. The Morgan fingerprint density at radius 3 is 2.14 bits per heavy atom. The van der Waals surface area contributed by atoms with E-state index in [1.54, 1.807) is 0 Å². The Morgan fingerprint density at radius 1 is 0.952 bits per heavy atom. The van der Waals surface area contributed by atoms with E-state index in [1.165, 1.54) is 0 Å². The third-order valence-corrected chi connectivity index (χ3v) is 3.67. The molecule has 0 saturated carbocycles. The van der Waals surface area contributed by atoms with Crippen LogP contribution in [0.15, 0.2) is 54.6 Å². The SMILES string of the molecule is CC(C)NC(=O)C(C)(C)c1ccccc1-c1ccccc1. The highest BCUT2D eigenvalue weighted by molar-refractivity contribution is 5.90. The molecule has 2 rings (SSSR count). The molecular weight excluding hydrogens is 258 g/mol. The normalized spacial score (nSPS) is 11.5. The first-order valence-electron chi connectivity index (χ1n) is 7.39. The molecule has 2 heteroatoms. The first kappa shape index (κ1) is 15.3. The maximum absolute atomic E-state index is 12.5. The third kappa shape index (κ3) is 3.33. The van der Waals surface area contributed by atoms with Crippen LogP contribution in [0.25, 0.3) is 11.1 Å². The summed E-state index contributed by atoms with van der Waals surface area (Å²) in [6.07, 6.45) is 0. The summed E-state index contributed by atoms with van der Waals surface area (Å²) in [6, 6.07) is 18.5. The highest BCUT2D eigenvalue weighted by atomic mass is 16.2. The Hall–Kier alpha value is -2.09. The minimum absolute atomic E-state index is 0.0564. The third-order valence-electron chi connectivity index (χ3n) is 3.67. The van der Waals surface area contributed by atoms with Crippen molar-refractivity contribution in [2.45, 2.75) is 39.2 Å². The molecule has 2 aromatic carbocycles. The monoisotopic (exact) mass is 281 g/mol. The molecule has 0 aromatic heterocycles. The number of nitrogens with one attached hydrogen (secondary N) is 1. The number of rotatable bonds is 4. The fourth-order valence-electron chi connectivity index (χ4n) is 2.46. The molecule has 2 aromatic rings. The lowest BCUT2D eigenvalue weighted by molar-refractivity contribution is -0.126. The van der Waals surface area contributed by atoms with Crippen LogP contribution in [0, 0.1) is 0 Å². The van der Waals surface area contributed by atoms with Crippen molar-refractivity contribution in [3.63, 3.8) is 0 Å². The summed E-state index contributed by atoms with van der Waals surface area (Å²) in [4.78, 5) is 12.5. The largest absolute Gasteiger partial charge is 0.353 e. The van der Waals surface area contributed by atoms with Crippen molar-refractivity contribution < 1.29 is 4.79 Å². The summed E-state index contributed by atoms with van der Waals surface area (Å²) < 4.78 is 0. The zero-order valence-corrected chi connectivity index (χ0v) is 13.2. The minimum Gasteiger partial charge on any atom is -0.353 e. The summed E-state index contributed by atoms with van der Waals surface area (Å²) in [5.74, 6) is 0.0564. The maximum atomic E-state index is 12.5. The van der Waals surface area contributed by atoms with Crippen LogP contribution < -0.4 is 5.32 Å². The Balaban J connectivity index is 2.47. The fourth-order valence-corrected chi connectivity index (χ4v) is 2.46. The van der Waals surface area contributed by atoms with Crippen LogP contribution in [0.5, 0.6) is 0 Å². The lowest BCUT2D eigenvalue weighted by Gasteiger charge is -2.28. The summed E-state index contributed by atoms with van der Waals surface area (Å²) in [6.45, 7) is 7.92. The van der Waals surface area contributed by atoms with Crippen LogP contribution in [0.4, 0.5) is 0 Å². The predicted molar refractivity (Wildman–Crippen MR) is 88.2 cm³/mol. The molecule has 21 heavy (non-hydrogen) atoms. The molecule has 0 bridgehead atoms. The molecule has 0 aliphatic carbocycles. The van der Waals surface area contributed by atoms with Crippen molar-refractivity contribution in [3.05, 3.63) is 60.2 Å². The lowest BCUT2D eigenvalue weighted by Crippen LogP contribution is -2.43. The molecule has 2 nitrogen and oxygen atoms in total. The average Bonchev–Trinajstić information content (AvgIpc) is 2.47. The first-order chi connectivity index (χ1) is 9.93. The van der Waals surface area contributed by atoms with Crippen LogP contribution in [-0.2, 0) is 10.2 Å². The standard InChI is InChI=1S/C19H23NO/c1-14(2)20-18(21)19(3,4)17-13-9-8-12-16(17)15-10-6-5-7-11-15/h5-14H,1-4H3,(H,20,21). The zero-order valence-electron chi connectivity index (χ0n) is 13.2. The Labute approximate surface area is 127 Å². The molecule has 0 spiro atoms. The van der Waals surface area contributed by atoms with Gasteiger partial charge in [0.25, 0.3) is 0 Å². The summed E-state index contributed by atoms with van der Waals surface area (Å²) >= 11 is 0. The molecule has 0 aliphatic heterocycles. The van der Waals surface area contributed by atoms with E-state index in [0.29, 0.717) is 0 Å². The van der Waals surface area contributed by atoms with Gasteiger partial charge in [0.2, 0.25) is 5.91 Å². The van der Waals surface area contributed by atoms with Crippen molar-refractivity contribution in [2.75, 3.05) is 0 Å². The Bertz CT molecular complexity index is 614. The van der Waals surface area contributed by atoms with E-state index in [1.807, 2.05) is 64.1 Å². The van der Waals surface area contributed by atoms with Crippen LogP contribution in [0.3, 0.4) is 0 Å². The highest BCUT2D eigenvalue weighted by Crippen LogP contribution is 2.33. The van der Waals surface area contributed by atoms with Gasteiger partial charge in [0.15, 0.2) is 0 Å². The maximum Gasteiger partial charge on any atom is 0.230 e. The molecule has 0 unspecified atom stereocenters. The van der Waals surface area contributed by atoms with Crippen molar-refractivity contribution in [1.29, 1.82) is 0 Å². The highest BCUT2D eigenvalue weighted by Gasteiger charge is 2.32. The number of benzene rings is 2. The van der Waals surface area contributed by atoms with Gasteiger partial charge in [-0.15, -0.1) is 0 Å². The van der Waals surface area contributed by atoms with Gasteiger partial charge in [0, 0.05) is 6.04 Å². The van der Waals surface area contributed by atoms with E-state index >= 15 is 0 Å². The van der Waals surface area contributed by atoms with Crippen LogP contribution >= 0.6 is 0 Å². The second kappa shape index (κ2) is 6.13. The number of amides is 1. The van der Waals surface area contributed by atoms with Crippen molar-refractivity contribution in [3.8, 4) is 11.1 Å². The van der Waals surface area contributed by atoms with Gasteiger partial charge in [-0.2, -0.15) is 0 Å². The number of carbonyl (C=O) groups excluding carboxylic acids is 1. The second-order valence-electron chi connectivity index (χ2n) is 6.16. The minimum atomic E-state index is -0.573. The van der Waals surface area contributed by atoms with Crippen LogP contribution in [-0.4, -0.2) is 11.9 Å². The van der Waals surface area contributed by atoms with E-state index in [4.69, 9.17) is 0 Å². The van der Waals surface area contributed by atoms with E-state index in [2.05, 4.69) is 23.5 Å². The molecule has 0 radical (unpaired) electrons. The van der Waals surface area contributed by atoms with Crippen molar-refractivity contribution >= 4 is 5.91 Å². The Morgan fingerprint density at radius 2 is 1.52 bits per heavy atom. The molecule has 0 saturated heterocycles. The molecule has 0 heterocycles. The van der Waals surface area contributed by atoms with E-state index < -0.39 is 5.41 Å². The summed E-state index contributed by atoms with van der Waals surface area (Å²) in [5.41, 5.74) is 2.73. The number of carbonyl (C=O) groups is 1. The topological polar surface area (TPSA) is 29.1 Å². The molecule has 1 amide bonds. The van der Waals surface area contributed by atoms with Gasteiger partial charge in [-0.3, -0.25) is 4.79 Å². The van der Waals surface area contributed by atoms with Gasteiger partial charge in [0.1, 0.15) is 0 Å². The number of hydrogen-bond donors (Lipinski definition) is 1. The van der Waals surface area contributed by atoms with E-state index in [0.717, 1.165) is 16.7 Å². The quantitative estimate of drug-likeness (QED) is 0.896. The predicted octanol–water partition coefficient (Wildman–Crippen LogP) is 4.16. The zero-order chi connectivity index (χ0) is 15.5. The smallest absolute Gasteiger partial charge is 0.230 e. The molecule has 0 fully saturated rings. The molecular formula is C19H23NO.